The largest absolute Gasteiger partial charge is 0.504 e. The number of carbonyl (C=O) groups excluding carboxylic acids is 2. The van der Waals surface area contributed by atoms with Gasteiger partial charge in [-0.2, -0.15) is 0 Å². The number of aldehydes is 1. The molecule has 2 aromatic carbocycles. The van der Waals surface area contributed by atoms with E-state index in [1.807, 2.05) is 0 Å². The van der Waals surface area contributed by atoms with E-state index < -0.39 is 11.6 Å². The topological polar surface area (TPSA) is 66.4 Å². The average molecular weight is 323 g/mol. The zero-order valence-corrected chi connectivity index (χ0v) is 12.7. The first kappa shape index (κ1) is 15.8. The van der Waals surface area contributed by atoms with Crippen LogP contribution in [-0.2, 0) is 0 Å². The highest BCUT2D eigenvalue weighted by molar-refractivity contribution is 5.94. The van der Waals surface area contributed by atoms with Gasteiger partial charge in [-0.05, 0) is 49.2 Å². The van der Waals surface area contributed by atoms with E-state index in [0.717, 1.165) is 18.9 Å². The van der Waals surface area contributed by atoms with E-state index in [4.69, 9.17) is 0 Å². The van der Waals surface area contributed by atoms with Crippen molar-refractivity contribution < 1.29 is 19.1 Å². The van der Waals surface area contributed by atoms with Crippen LogP contribution in [0.2, 0.25) is 0 Å². The van der Waals surface area contributed by atoms with Crippen LogP contribution in [0.25, 0.3) is 0 Å². The Kier molecular flexibility index (Phi) is 4.30. The number of phenols is 1. The van der Waals surface area contributed by atoms with Crippen molar-refractivity contribution in [3.63, 3.8) is 0 Å². The Labute approximate surface area is 138 Å². The zero-order chi connectivity index (χ0) is 17.1. The Morgan fingerprint density at radius 3 is 2.46 bits per heavy atom. The summed E-state index contributed by atoms with van der Waals surface area (Å²) < 4.78 is 13.5. The molecule has 3 rings (SSSR count). The molecular weight excluding hydrogens is 309 g/mol. The molecule has 5 heteroatoms. The normalized spacial score (nSPS) is 12.9. The number of hydrogen-bond donors (Lipinski definition) is 2. The van der Waals surface area contributed by atoms with Crippen molar-refractivity contribution in [1.82, 2.24) is 5.32 Å². The van der Waals surface area contributed by atoms with Crippen molar-refractivity contribution in [2.75, 3.05) is 0 Å². The molecule has 1 amide bonds. The van der Waals surface area contributed by atoms with Crippen molar-refractivity contribution in [2.45, 2.75) is 18.9 Å². The van der Waals surface area contributed by atoms with Crippen molar-refractivity contribution in [3.8, 4) is 17.6 Å². The fourth-order valence-electron chi connectivity index (χ4n) is 2.13. The molecule has 2 aromatic rings. The predicted molar refractivity (Wildman–Crippen MR) is 86.4 cm³/mol. The Morgan fingerprint density at radius 1 is 1.17 bits per heavy atom. The van der Waals surface area contributed by atoms with Crippen molar-refractivity contribution in [2.24, 2.45) is 0 Å². The first-order valence-electron chi connectivity index (χ1n) is 7.47. The maximum absolute atomic E-state index is 13.5. The molecule has 0 spiro atoms. The van der Waals surface area contributed by atoms with E-state index in [0.29, 0.717) is 23.5 Å². The van der Waals surface area contributed by atoms with Crippen molar-refractivity contribution in [3.05, 3.63) is 64.5 Å². The van der Waals surface area contributed by atoms with Gasteiger partial charge in [0.05, 0.1) is 5.56 Å². The second-order valence-electron chi connectivity index (χ2n) is 5.59. The van der Waals surface area contributed by atoms with E-state index in [9.17, 15) is 19.1 Å². The average Bonchev–Trinajstić information content (AvgIpc) is 3.40. The molecule has 0 heterocycles. The highest BCUT2D eigenvalue weighted by Gasteiger charge is 2.23. The molecule has 0 saturated heterocycles. The molecule has 0 aliphatic heterocycles. The molecular formula is C19H14FNO3. The summed E-state index contributed by atoms with van der Waals surface area (Å²) in [5, 5.41) is 12.3. The minimum absolute atomic E-state index is 0.103. The second kappa shape index (κ2) is 6.55. The van der Waals surface area contributed by atoms with Crippen LogP contribution in [0, 0.1) is 17.7 Å². The van der Waals surface area contributed by atoms with Gasteiger partial charge in [-0.3, -0.25) is 9.59 Å². The van der Waals surface area contributed by atoms with Crippen molar-refractivity contribution >= 4 is 12.2 Å². The molecule has 0 unspecified atom stereocenters. The monoisotopic (exact) mass is 323 g/mol. The van der Waals surface area contributed by atoms with Crippen LogP contribution in [0.3, 0.4) is 0 Å². The highest BCUT2D eigenvalue weighted by Crippen LogP contribution is 2.21. The number of carbonyl (C=O) groups is 2. The van der Waals surface area contributed by atoms with E-state index in [-0.39, 0.29) is 17.0 Å². The molecule has 0 aromatic heterocycles. The van der Waals surface area contributed by atoms with Gasteiger partial charge in [-0.25, -0.2) is 4.39 Å². The smallest absolute Gasteiger partial charge is 0.251 e. The van der Waals surface area contributed by atoms with Crippen LogP contribution in [0.1, 0.15) is 44.7 Å². The third-order valence-corrected chi connectivity index (χ3v) is 3.63. The fraction of sp³-hybridized carbons (Fsp3) is 0.158. The number of halogens is 1. The van der Waals surface area contributed by atoms with E-state index >= 15 is 0 Å². The van der Waals surface area contributed by atoms with Gasteiger partial charge in [0.25, 0.3) is 5.91 Å². The lowest BCUT2D eigenvalue weighted by Gasteiger charge is -2.02. The minimum Gasteiger partial charge on any atom is -0.504 e. The quantitative estimate of drug-likeness (QED) is 0.674. The lowest BCUT2D eigenvalue weighted by Crippen LogP contribution is -2.25. The van der Waals surface area contributed by atoms with Crippen LogP contribution >= 0.6 is 0 Å². The summed E-state index contributed by atoms with van der Waals surface area (Å²) in [7, 11) is 0. The Balaban J connectivity index is 1.77. The standard InChI is InChI=1S/C19H14FNO3/c20-17-10-13(9-15(11-22)18(17)23)2-1-12-3-5-14(6-4-12)19(24)21-16-7-8-16/h3-6,9-11,16,23H,7-8H2,(H,21,24). The number of amides is 1. The number of nitrogens with one attached hydrogen (secondary N) is 1. The maximum atomic E-state index is 13.5. The summed E-state index contributed by atoms with van der Waals surface area (Å²) in [4.78, 5) is 22.7. The van der Waals surface area contributed by atoms with Gasteiger partial charge in [0.1, 0.15) is 0 Å². The number of benzene rings is 2. The molecule has 1 aliphatic rings. The predicted octanol–water partition coefficient (Wildman–Crippen LogP) is 2.64. The van der Waals surface area contributed by atoms with Crippen LogP contribution < -0.4 is 5.32 Å². The number of phenolic OH excluding ortho intramolecular Hbond substituents is 1. The molecule has 24 heavy (non-hydrogen) atoms. The van der Waals surface area contributed by atoms with Gasteiger partial charge in [0.2, 0.25) is 0 Å². The lowest BCUT2D eigenvalue weighted by molar-refractivity contribution is 0.0950. The van der Waals surface area contributed by atoms with Gasteiger partial charge >= 0.3 is 0 Å². The van der Waals surface area contributed by atoms with Gasteiger partial charge < -0.3 is 10.4 Å². The summed E-state index contributed by atoms with van der Waals surface area (Å²) in [6, 6.07) is 9.43. The van der Waals surface area contributed by atoms with Crippen LogP contribution in [-0.4, -0.2) is 23.3 Å². The summed E-state index contributed by atoms with van der Waals surface area (Å²) in [5.74, 6) is 3.89. The molecule has 1 fully saturated rings. The summed E-state index contributed by atoms with van der Waals surface area (Å²) >= 11 is 0. The zero-order valence-electron chi connectivity index (χ0n) is 12.7. The Bertz CT molecular complexity index is 859. The summed E-state index contributed by atoms with van der Waals surface area (Å²) in [6.07, 6.45) is 2.43. The fourth-order valence-corrected chi connectivity index (χ4v) is 2.13. The first-order chi connectivity index (χ1) is 11.6. The third-order valence-electron chi connectivity index (χ3n) is 3.63. The van der Waals surface area contributed by atoms with Crippen LogP contribution in [0.5, 0.6) is 5.75 Å². The van der Waals surface area contributed by atoms with Gasteiger partial charge in [-0.15, -0.1) is 0 Å². The Morgan fingerprint density at radius 2 is 1.83 bits per heavy atom. The lowest BCUT2D eigenvalue weighted by atomic mass is 10.1. The van der Waals surface area contributed by atoms with Crippen molar-refractivity contribution in [1.29, 1.82) is 0 Å². The molecule has 1 saturated carbocycles. The van der Waals surface area contributed by atoms with Crippen LogP contribution in [0.4, 0.5) is 4.39 Å². The number of aromatic hydroxyl groups is 1. The molecule has 1 aliphatic carbocycles. The molecule has 0 atom stereocenters. The van der Waals surface area contributed by atoms with E-state index in [2.05, 4.69) is 17.2 Å². The molecule has 0 radical (unpaired) electrons. The first-order valence-corrected chi connectivity index (χ1v) is 7.47. The van der Waals surface area contributed by atoms with Gasteiger partial charge in [0, 0.05) is 22.7 Å². The van der Waals surface area contributed by atoms with E-state index in [1.54, 1.807) is 24.3 Å². The van der Waals surface area contributed by atoms with Gasteiger partial charge in [-0.1, -0.05) is 11.8 Å². The summed E-state index contributed by atoms with van der Waals surface area (Å²) in [5.41, 5.74) is 1.35. The van der Waals surface area contributed by atoms with Crippen LogP contribution in [0.15, 0.2) is 36.4 Å². The molecule has 0 bridgehead atoms. The molecule has 2 N–H and O–H groups in total. The minimum atomic E-state index is -0.893. The third kappa shape index (κ3) is 3.61. The van der Waals surface area contributed by atoms with E-state index in [1.165, 1.54) is 6.07 Å². The SMILES string of the molecule is O=Cc1cc(C#Cc2ccc(C(=O)NC3CC3)cc2)cc(F)c1O. The highest BCUT2D eigenvalue weighted by atomic mass is 19.1. The van der Waals surface area contributed by atoms with Gasteiger partial charge in [0.15, 0.2) is 17.9 Å². The Hall–Kier alpha value is -3.13. The number of hydrogen-bond acceptors (Lipinski definition) is 3. The molecule has 4 nitrogen and oxygen atoms in total. The number of rotatable bonds is 3. The summed E-state index contributed by atoms with van der Waals surface area (Å²) in [6.45, 7) is 0. The molecule has 120 valence electrons. The maximum Gasteiger partial charge on any atom is 0.251 e. The second-order valence-corrected chi connectivity index (χ2v) is 5.59.